The number of benzene rings is 1. The molecule has 1 rings (SSSR count). The number of aliphatic hydroxyl groups excluding tert-OH is 2. The van der Waals surface area contributed by atoms with Gasteiger partial charge in [0.1, 0.15) is 5.75 Å². The summed E-state index contributed by atoms with van der Waals surface area (Å²) in [7, 11) is 4.63. The summed E-state index contributed by atoms with van der Waals surface area (Å²) >= 11 is 0. The molecule has 0 saturated heterocycles. The van der Waals surface area contributed by atoms with Crippen LogP contribution in [0.3, 0.4) is 0 Å². The van der Waals surface area contributed by atoms with Crippen molar-refractivity contribution in [3.63, 3.8) is 0 Å². The Morgan fingerprint density at radius 3 is 2.11 bits per heavy atom. The number of ether oxygens (including phenoxy) is 3. The molecule has 5 nitrogen and oxygen atoms in total. The van der Waals surface area contributed by atoms with Crippen molar-refractivity contribution in [3.05, 3.63) is 23.8 Å². The second-order valence-corrected chi connectivity index (χ2v) is 3.56. The average molecular weight is 254 g/mol. The van der Waals surface area contributed by atoms with Crippen molar-refractivity contribution in [2.24, 2.45) is 0 Å². The Morgan fingerprint density at radius 1 is 1.06 bits per heavy atom. The van der Waals surface area contributed by atoms with Gasteiger partial charge in [-0.2, -0.15) is 0 Å². The van der Waals surface area contributed by atoms with E-state index in [0.29, 0.717) is 17.2 Å². The Balaban J connectivity index is 3.13. The van der Waals surface area contributed by atoms with Crippen molar-refractivity contribution in [2.45, 2.75) is 6.10 Å². The van der Waals surface area contributed by atoms with E-state index in [1.165, 1.54) is 6.08 Å². The second-order valence-electron chi connectivity index (χ2n) is 3.56. The molecule has 0 aromatic heterocycles. The number of rotatable bonds is 6. The SMILES string of the molecule is COc1cc(OC)c(OC)cc1C=C[C@H](O)CO. The van der Waals surface area contributed by atoms with E-state index in [-0.39, 0.29) is 6.61 Å². The second kappa shape index (κ2) is 6.88. The van der Waals surface area contributed by atoms with E-state index >= 15 is 0 Å². The highest BCUT2D eigenvalue weighted by molar-refractivity contribution is 5.63. The van der Waals surface area contributed by atoms with Crippen molar-refractivity contribution in [2.75, 3.05) is 27.9 Å². The van der Waals surface area contributed by atoms with Crippen LogP contribution in [0.5, 0.6) is 17.2 Å². The lowest BCUT2D eigenvalue weighted by atomic mass is 10.1. The normalized spacial score (nSPS) is 12.5. The van der Waals surface area contributed by atoms with Crippen LogP contribution < -0.4 is 14.2 Å². The third-order valence-corrected chi connectivity index (χ3v) is 2.42. The summed E-state index contributed by atoms with van der Waals surface area (Å²) in [4.78, 5) is 0. The zero-order valence-corrected chi connectivity index (χ0v) is 10.7. The third-order valence-electron chi connectivity index (χ3n) is 2.42. The molecule has 2 N–H and O–H groups in total. The molecular weight excluding hydrogens is 236 g/mol. The highest BCUT2D eigenvalue weighted by Gasteiger charge is 2.10. The molecule has 5 heteroatoms. The number of methoxy groups -OCH3 is 3. The third kappa shape index (κ3) is 3.38. The Bertz CT molecular complexity index is 414. The summed E-state index contributed by atoms with van der Waals surface area (Å²) in [6, 6.07) is 3.43. The minimum atomic E-state index is -0.900. The van der Waals surface area contributed by atoms with Crippen molar-refractivity contribution < 1.29 is 24.4 Å². The van der Waals surface area contributed by atoms with Crippen molar-refractivity contribution in [1.29, 1.82) is 0 Å². The van der Waals surface area contributed by atoms with Crippen LogP contribution in [0.4, 0.5) is 0 Å². The molecule has 0 bridgehead atoms. The fourth-order valence-corrected chi connectivity index (χ4v) is 1.46. The van der Waals surface area contributed by atoms with E-state index in [1.54, 1.807) is 39.5 Å². The van der Waals surface area contributed by atoms with E-state index in [4.69, 9.17) is 19.3 Å². The summed E-state index contributed by atoms with van der Waals surface area (Å²) < 4.78 is 15.6. The minimum absolute atomic E-state index is 0.327. The Kier molecular flexibility index (Phi) is 5.48. The standard InChI is InChI=1S/C13H18O5/c1-16-11-7-13(18-3)12(17-2)6-9(11)4-5-10(15)8-14/h4-7,10,14-15H,8H2,1-3H3/t10-/m0/s1. The molecule has 0 unspecified atom stereocenters. The van der Waals surface area contributed by atoms with Gasteiger partial charge in [0, 0.05) is 11.6 Å². The summed E-state index contributed by atoms with van der Waals surface area (Å²) in [5, 5.41) is 18.0. The molecule has 0 aliphatic heterocycles. The first-order chi connectivity index (χ1) is 8.65. The predicted octanol–water partition coefficient (Wildman–Crippen LogP) is 1.08. The summed E-state index contributed by atoms with van der Waals surface area (Å²) in [5.41, 5.74) is 0.725. The topological polar surface area (TPSA) is 68.2 Å². The minimum Gasteiger partial charge on any atom is -0.496 e. The maximum atomic E-state index is 9.28. The van der Waals surface area contributed by atoms with Gasteiger partial charge >= 0.3 is 0 Å². The van der Waals surface area contributed by atoms with E-state index in [0.717, 1.165) is 5.56 Å². The largest absolute Gasteiger partial charge is 0.496 e. The van der Waals surface area contributed by atoms with Gasteiger partial charge in [0.15, 0.2) is 11.5 Å². The molecule has 18 heavy (non-hydrogen) atoms. The Hall–Kier alpha value is -1.72. The van der Waals surface area contributed by atoms with E-state index in [1.807, 2.05) is 0 Å². The van der Waals surface area contributed by atoms with Gasteiger partial charge in [0.25, 0.3) is 0 Å². The van der Waals surface area contributed by atoms with Crippen LogP contribution in [0.25, 0.3) is 6.08 Å². The zero-order valence-electron chi connectivity index (χ0n) is 10.7. The average Bonchev–Trinajstić information content (AvgIpc) is 2.43. The predicted molar refractivity (Wildman–Crippen MR) is 68.2 cm³/mol. The number of hydrogen-bond donors (Lipinski definition) is 2. The van der Waals surface area contributed by atoms with Gasteiger partial charge in [-0.15, -0.1) is 0 Å². The Morgan fingerprint density at radius 2 is 1.61 bits per heavy atom. The summed E-state index contributed by atoms with van der Waals surface area (Å²) in [6.45, 7) is -0.327. The smallest absolute Gasteiger partial charge is 0.164 e. The number of hydrogen-bond acceptors (Lipinski definition) is 5. The molecule has 1 atom stereocenters. The lowest BCUT2D eigenvalue weighted by Crippen LogP contribution is -2.07. The summed E-state index contributed by atoms with van der Waals surface area (Å²) in [6.07, 6.45) is 2.23. The molecule has 0 radical (unpaired) electrons. The van der Waals surface area contributed by atoms with Gasteiger partial charge in [0.05, 0.1) is 34.0 Å². The van der Waals surface area contributed by atoms with Crippen LogP contribution in [0, 0.1) is 0 Å². The molecule has 0 aliphatic rings. The van der Waals surface area contributed by atoms with Crippen molar-refractivity contribution in [1.82, 2.24) is 0 Å². The molecular formula is C13H18O5. The van der Waals surface area contributed by atoms with Gasteiger partial charge in [-0.25, -0.2) is 0 Å². The molecule has 0 saturated carbocycles. The molecule has 0 heterocycles. The monoisotopic (exact) mass is 254 g/mol. The highest BCUT2D eigenvalue weighted by Crippen LogP contribution is 2.35. The first kappa shape index (κ1) is 14.3. The molecule has 0 amide bonds. The van der Waals surface area contributed by atoms with Gasteiger partial charge in [-0.1, -0.05) is 12.2 Å². The maximum Gasteiger partial charge on any atom is 0.164 e. The number of aliphatic hydroxyl groups is 2. The van der Waals surface area contributed by atoms with Crippen molar-refractivity contribution >= 4 is 6.08 Å². The molecule has 0 fully saturated rings. The van der Waals surface area contributed by atoms with Crippen LogP contribution in [-0.2, 0) is 0 Å². The first-order valence-corrected chi connectivity index (χ1v) is 5.43. The fraction of sp³-hybridized carbons (Fsp3) is 0.385. The van der Waals surface area contributed by atoms with E-state index in [2.05, 4.69) is 0 Å². The maximum absolute atomic E-state index is 9.28. The molecule has 0 aliphatic carbocycles. The lowest BCUT2D eigenvalue weighted by Gasteiger charge is -2.12. The van der Waals surface area contributed by atoms with Gasteiger partial charge in [-0.3, -0.25) is 0 Å². The molecule has 100 valence electrons. The van der Waals surface area contributed by atoms with Gasteiger partial charge in [0.2, 0.25) is 0 Å². The molecule has 1 aromatic carbocycles. The Labute approximate surface area is 106 Å². The fourth-order valence-electron chi connectivity index (χ4n) is 1.46. The van der Waals surface area contributed by atoms with Crippen LogP contribution in [0.15, 0.2) is 18.2 Å². The van der Waals surface area contributed by atoms with Crippen LogP contribution in [-0.4, -0.2) is 44.3 Å². The lowest BCUT2D eigenvalue weighted by molar-refractivity contribution is 0.131. The van der Waals surface area contributed by atoms with Crippen LogP contribution in [0.2, 0.25) is 0 Å². The summed E-state index contributed by atoms with van der Waals surface area (Å²) in [5.74, 6) is 1.72. The van der Waals surface area contributed by atoms with Crippen LogP contribution in [0.1, 0.15) is 5.56 Å². The van der Waals surface area contributed by atoms with Gasteiger partial charge in [-0.05, 0) is 6.07 Å². The quantitative estimate of drug-likeness (QED) is 0.795. The van der Waals surface area contributed by atoms with E-state index in [9.17, 15) is 5.11 Å². The molecule has 0 spiro atoms. The molecule has 1 aromatic rings. The van der Waals surface area contributed by atoms with Crippen molar-refractivity contribution in [3.8, 4) is 17.2 Å². The first-order valence-electron chi connectivity index (χ1n) is 5.43. The van der Waals surface area contributed by atoms with Gasteiger partial charge < -0.3 is 24.4 Å². The van der Waals surface area contributed by atoms with E-state index < -0.39 is 6.10 Å². The van der Waals surface area contributed by atoms with Crippen LogP contribution >= 0.6 is 0 Å². The highest BCUT2D eigenvalue weighted by atomic mass is 16.5. The zero-order chi connectivity index (χ0) is 13.5.